The molecule has 0 bridgehead atoms. The third-order valence-corrected chi connectivity index (χ3v) is 3.68. The number of halogens is 2. The number of rotatable bonds is 4. The number of amidine groups is 1. The fourth-order valence-electron chi connectivity index (χ4n) is 2.40. The molecule has 5 nitrogen and oxygen atoms in total. The van der Waals surface area contributed by atoms with Crippen LogP contribution >= 0.6 is 0 Å². The van der Waals surface area contributed by atoms with Crippen molar-refractivity contribution in [3.05, 3.63) is 71.6 Å². The maximum absolute atomic E-state index is 13.2. The van der Waals surface area contributed by atoms with Crippen molar-refractivity contribution >= 4 is 17.5 Å². The van der Waals surface area contributed by atoms with Gasteiger partial charge in [0.05, 0.1) is 19.0 Å². The van der Waals surface area contributed by atoms with Gasteiger partial charge in [-0.25, -0.2) is 18.8 Å². The molecule has 0 fully saturated rings. The van der Waals surface area contributed by atoms with Crippen molar-refractivity contribution in [1.82, 2.24) is 9.88 Å². The van der Waals surface area contributed by atoms with Crippen LogP contribution in [-0.2, 0) is 9.53 Å². The summed E-state index contributed by atoms with van der Waals surface area (Å²) in [5.41, 5.74) is 1.79. The van der Waals surface area contributed by atoms with Gasteiger partial charge in [-0.2, -0.15) is 0 Å². The van der Waals surface area contributed by atoms with E-state index in [0.717, 1.165) is 11.8 Å². The van der Waals surface area contributed by atoms with E-state index in [4.69, 9.17) is 4.74 Å². The summed E-state index contributed by atoms with van der Waals surface area (Å²) >= 11 is 0. The van der Waals surface area contributed by atoms with Crippen LogP contribution in [0.25, 0.3) is 5.70 Å². The number of esters is 1. The molecule has 7 heteroatoms. The van der Waals surface area contributed by atoms with Crippen LogP contribution in [0, 0.1) is 11.6 Å². The van der Waals surface area contributed by atoms with Crippen LogP contribution in [0.2, 0.25) is 0 Å². The van der Waals surface area contributed by atoms with Crippen molar-refractivity contribution in [1.29, 1.82) is 0 Å². The van der Waals surface area contributed by atoms with Gasteiger partial charge in [0.15, 0.2) is 5.84 Å². The van der Waals surface area contributed by atoms with Crippen molar-refractivity contribution < 1.29 is 18.3 Å². The van der Waals surface area contributed by atoms with Crippen LogP contribution in [0.3, 0.4) is 0 Å². The number of hydrogen-bond acceptors (Lipinski definition) is 5. The topological polar surface area (TPSA) is 54.8 Å². The van der Waals surface area contributed by atoms with Crippen LogP contribution in [0.5, 0.6) is 0 Å². The van der Waals surface area contributed by atoms with Crippen molar-refractivity contribution in [2.75, 3.05) is 20.2 Å². The molecule has 0 amide bonds. The molecule has 0 saturated heterocycles. The second-order valence-electron chi connectivity index (χ2n) is 5.35. The molecule has 0 spiro atoms. The Morgan fingerprint density at radius 2 is 1.88 bits per heavy atom. The number of aromatic nitrogens is 1. The molecule has 0 aliphatic carbocycles. The zero-order chi connectivity index (χ0) is 17.8. The molecule has 1 aliphatic heterocycles. The Kier molecular flexibility index (Phi) is 4.83. The Labute approximate surface area is 143 Å². The average molecular weight is 343 g/mol. The molecule has 3 rings (SSSR count). The quantitative estimate of drug-likeness (QED) is 0.801. The zero-order valence-corrected chi connectivity index (χ0v) is 13.4. The number of carbonyl (C=O) groups is 1. The second kappa shape index (κ2) is 7.21. The minimum atomic E-state index is -0.464. The van der Waals surface area contributed by atoms with Gasteiger partial charge in [-0.3, -0.25) is 4.79 Å². The number of pyridine rings is 1. The highest BCUT2D eigenvalue weighted by Gasteiger charge is 2.22. The predicted octanol–water partition coefficient (Wildman–Crippen LogP) is 2.64. The second-order valence-corrected chi connectivity index (χ2v) is 5.35. The van der Waals surface area contributed by atoms with Gasteiger partial charge in [-0.05, 0) is 42.5 Å². The Morgan fingerprint density at radius 3 is 2.52 bits per heavy atom. The van der Waals surface area contributed by atoms with Gasteiger partial charge in [-0.15, -0.1) is 0 Å². The first-order valence-electron chi connectivity index (χ1n) is 7.55. The van der Waals surface area contributed by atoms with E-state index in [1.165, 1.54) is 31.4 Å². The average Bonchev–Trinajstić information content (AvgIpc) is 2.63. The molecule has 0 saturated carbocycles. The Bertz CT molecular complexity index is 830. The van der Waals surface area contributed by atoms with Crippen LogP contribution in [0.15, 0.2) is 53.7 Å². The van der Waals surface area contributed by atoms with E-state index in [0.29, 0.717) is 23.8 Å². The molecular weight excluding hydrogens is 328 g/mol. The summed E-state index contributed by atoms with van der Waals surface area (Å²) in [6, 6.07) is 8.71. The zero-order valence-electron chi connectivity index (χ0n) is 13.4. The lowest BCUT2D eigenvalue weighted by atomic mass is 10.1. The maximum Gasteiger partial charge on any atom is 0.325 e. The first-order chi connectivity index (χ1) is 12.1. The van der Waals surface area contributed by atoms with Crippen LogP contribution in [0.1, 0.15) is 11.3 Å². The number of carbonyl (C=O) groups excluding carboxylic acids is 1. The van der Waals surface area contributed by atoms with Crippen LogP contribution in [-0.4, -0.2) is 41.9 Å². The van der Waals surface area contributed by atoms with E-state index in [1.807, 2.05) is 6.08 Å². The first kappa shape index (κ1) is 16.8. The molecule has 2 heterocycles. The lowest BCUT2D eigenvalue weighted by Crippen LogP contribution is -2.39. The minimum absolute atomic E-state index is 0.0123. The van der Waals surface area contributed by atoms with Crippen LogP contribution in [0.4, 0.5) is 8.78 Å². The van der Waals surface area contributed by atoms with Gasteiger partial charge in [0, 0.05) is 12.1 Å². The third-order valence-electron chi connectivity index (χ3n) is 3.68. The number of hydrogen-bond donors (Lipinski definition) is 0. The number of nitrogens with zero attached hydrogens (tertiary/aromatic N) is 3. The highest BCUT2D eigenvalue weighted by molar-refractivity contribution is 6.02. The predicted molar refractivity (Wildman–Crippen MR) is 88.7 cm³/mol. The lowest BCUT2D eigenvalue weighted by Gasteiger charge is -2.27. The molecule has 128 valence electrons. The monoisotopic (exact) mass is 343 g/mol. The molecular formula is C18H15F2N3O2. The third kappa shape index (κ3) is 3.88. The molecule has 0 N–H and O–H groups in total. The van der Waals surface area contributed by atoms with Gasteiger partial charge in [0.25, 0.3) is 0 Å². The van der Waals surface area contributed by atoms with E-state index in [9.17, 15) is 13.6 Å². The molecule has 25 heavy (non-hydrogen) atoms. The van der Waals surface area contributed by atoms with Crippen molar-refractivity contribution in [2.24, 2.45) is 4.99 Å². The summed E-state index contributed by atoms with van der Waals surface area (Å²) < 4.78 is 31.0. The summed E-state index contributed by atoms with van der Waals surface area (Å²) in [6.45, 7) is 0.376. The molecule has 1 aliphatic rings. The van der Waals surface area contributed by atoms with E-state index in [-0.39, 0.29) is 12.4 Å². The highest BCUT2D eigenvalue weighted by Crippen LogP contribution is 2.22. The fourth-order valence-corrected chi connectivity index (χ4v) is 2.40. The Hall–Kier alpha value is -3.09. The first-order valence-corrected chi connectivity index (χ1v) is 7.55. The molecule has 1 aromatic carbocycles. The summed E-state index contributed by atoms with van der Waals surface area (Å²) in [6.07, 6.45) is 2.91. The number of ether oxygens (including phenoxy) is 1. The van der Waals surface area contributed by atoms with E-state index >= 15 is 0 Å². The summed E-state index contributed by atoms with van der Waals surface area (Å²) in [5, 5.41) is 0. The van der Waals surface area contributed by atoms with E-state index in [1.54, 1.807) is 17.0 Å². The SMILES string of the molecule is COC(=O)CN1CC=C(c2ccc(F)cc2)N=C1c1ccc(F)cn1. The van der Waals surface area contributed by atoms with Crippen molar-refractivity contribution in [3.8, 4) is 0 Å². The molecule has 0 radical (unpaired) electrons. The maximum atomic E-state index is 13.2. The molecule has 1 aromatic heterocycles. The van der Waals surface area contributed by atoms with E-state index in [2.05, 4.69) is 9.98 Å². The standard InChI is InChI=1S/C18H15F2N3O2/c1-25-17(24)11-23-9-8-15(12-2-4-13(19)5-3-12)22-18(23)16-7-6-14(20)10-21-16/h2-8,10H,9,11H2,1H3. The van der Waals surface area contributed by atoms with Gasteiger partial charge in [-0.1, -0.05) is 0 Å². The van der Waals surface area contributed by atoms with Gasteiger partial charge in [0.1, 0.15) is 23.9 Å². The fraction of sp³-hybridized carbons (Fsp3) is 0.167. The smallest absolute Gasteiger partial charge is 0.325 e. The normalized spacial score (nSPS) is 14.0. The van der Waals surface area contributed by atoms with Crippen molar-refractivity contribution in [2.45, 2.75) is 0 Å². The van der Waals surface area contributed by atoms with E-state index < -0.39 is 11.8 Å². The summed E-state index contributed by atoms with van der Waals surface area (Å²) in [7, 11) is 1.30. The van der Waals surface area contributed by atoms with Gasteiger partial charge in [0.2, 0.25) is 0 Å². The molecule has 0 atom stereocenters. The summed E-state index contributed by atoms with van der Waals surface area (Å²) in [4.78, 5) is 21.9. The van der Waals surface area contributed by atoms with Crippen LogP contribution < -0.4 is 0 Å². The molecule has 2 aromatic rings. The van der Waals surface area contributed by atoms with Crippen molar-refractivity contribution in [3.63, 3.8) is 0 Å². The Balaban J connectivity index is 1.97. The lowest BCUT2D eigenvalue weighted by molar-refractivity contribution is -0.140. The van der Waals surface area contributed by atoms with Gasteiger partial charge < -0.3 is 9.64 Å². The highest BCUT2D eigenvalue weighted by atomic mass is 19.1. The number of methoxy groups -OCH3 is 1. The molecule has 0 unspecified atom stereocenters. The Morgan fingerprint density at radius 1 is 1.16 bits per heavy atom. The largest absolute Gasteiger partial charge is 0.468 e. The van der Waals surface area contributed by atoms with Gasteiger partial charge >= 0.3 is 5.97 Å². The summed E-state index contributed by atoms with van der Waals surface area (Å²) in [5.74, 6) is -0.800. The number of aliphatic imine (C=N–C) groups is 1. The number of benzene rings is 1. The minimum Gasteiger partial charge on any atom is -0.468 e.